The summed E-state index contributed by atoms with van der Waals surface area (Å²) >= 11 is 6.77. The van der Waals surface area contributed by atoms with Gasteiger partial charge in [0, 0.05) is 10.7 Å². The lowest BCUT2D eigenvalue weighted by Gasteiger charge is -2.05. The highest BCUT2D eigenvalue weighted by molar-refractivity contribution is 14.1. The standard InChI is InChI=1S/C10H7BrIN3OS/c1-5-8(17-4-14-5)10(16)15-9-7(12)2-6(11)3-13-9/h2-4H,1H3,(H,13,15,16). The molecule has 2 heterocycles. The summed E-state index contributed by atoms with van der Waals surface area (Å²) in [6, 6.07) is 1.89. The summed E-state index contributed by atoms with van der Waals surface area (Å²) in [7, 11) is 0. The molecule has 0 aliphatic rings. The van der Waals surface area contributed by atoms with E-state index in [1.807, 2.05) is 13.0 Å². The van der Waals surface area contributed by atoms with Crippen molar-refractivity contribution in [3.05, 3.63) is 36.4 Å². The van der Waals surface area contributed by atoms with Crippen LogP contribution in [0.25, 0.3) is 0 Å². The Bertz CT molecular complexity index is 572. The minimum absolute atomic E-state index is 0.169. The van der Waals surface area contributed by atoms with Gasteiger partial charge in [0.25, 0.3) is 5.91 Å². The van der Waals surface area contributed by atoms with Crippen LogP contribution in [0, 0.1) is 10.5 Å². The quantitative estimate of drug-likeness (QED) is 0.752. The number of rotatable bonds is 2. The predicted octanol–water partition coefficient (Wildman–Crippen LogP) is 3.47. The van der Waals surface area contributed by atoms with Crippen molar-refractivity contribution in [1.82, 2.24) is 9.97 Å². The summed E-state index contributed by atoms with van der Waals surface area (Å²) < 4.78 is 1.77. The monoisotopic (exact) mass is 423 g/mol. The number of anilines is 1. The molecule has 1 amide bonds. The summed E-state index contributed by atoms with van der Waals surface area (Å²) in [5.74, 6) is 0.393. The van der Waals surface area contributed by atoms with Crippen LogP contribution in [0.3, 0.4) is 0 Å². The van der Waals surface area contributed by atoms with Gasteiger partial charge in [0.05, 0.1) is 14.8 Å². The fraction of sp³-hybridized carbons (Fsp3) is 0.100. The first-order valence-corrected chi connectivity index (χ1v) is 7.35. The Morgan fingerprint density at radius 2 is 2.29 bits per heavy atom. The Morgan fingerprint density at radius 3 is 2.88 bits per heavy atom. The van der Waals surface area contributed by atoms with Crippen molar-refractivity contribution < 1.29 is 4.79 Å². The number of pyridine rings is 1. The number of hydrogen-bond acceptors (Lipinski definition) is 4. The molecule has 0 spiro atoms. The van der Waals surface area contributed by atoms with Gasteiger partial charge in [0.15, 0.2) is 0 Å². The second-order valence-electron chi connectivity index (χ2n) is 3.20. The van der Waals surface area contributed by atoms with Crippen molar-refractivity contribution in [2.24, 2.45) is 0 Å². The zero-order valence-corrected chi connectivity index (χ0v) is 13.3. The molecule has 0 unspecified atom stereocenters. The van der Waals surface area contributed by atoms with Crippen molar-refractivity contribution in [2.45, 2.75) is 6.92 Å². The number of halogens is 2. The van der Waals surface area contributed by atoms with Crippen molar-refractivity contribution in [3.8, 4) is 0 Å². The van der Waals surface area contributed by atoms with Crippen LogP contribution in [0.2, 0.25) is 0 Å². The van der Waals surface area contributed by atoms with Crippen LogP contribution in [-0.4, -0.2) is 15.9 Å². The van der Waals surface area contributed by atoms with E-state index < -0.39 is 0 Å². The number of hydrogen-bond donors (Lipinski definition) is 1. The van der Waals surface area contributed by atoms with Gasteiger partial charge in [-0.3, -0.25) is 4.79 Å². The molecule has 2 aromatic rings. The minimum atomic E-state index is -0.169. The van der Waals surface area contributed by atoms with Crippen LogP contribution in [-0.2, 0) is 0 Å². The normalized spacial score (nSPS) is 10.3. The molecular weight excluding hydrogens is 417 g/mol. The molecule has 17 heavy (non-hydrogen) atoms. The Balaban J connectivity index is 2.22. The van der Waals surface area contributed by atoms with E-state index in [0.29, 0.717) is 10.7 Å². The first-order chi connectivity index (χ1) is 8.08. The van der Waals surface area contributed by atoms with E-state index in [2.05, 4.69) is 53.8 Å². The largest absolute Gasteiger partial charge is 0.305 e. The number of carbonyl (C=O) groups is 1. The molecule has 0 fully saturated rings. The zero-order valence-electron chi connectivity index (χ0n) is 8.70. The van der Waals surface area contributed by atoms with E-state index in [0.717, 1.165) is 13.7 Å². The highest BCUT2D eigenvalue weighted by atomic mass is 127. The molecule has 7 heteroatoms. The van der Waals surface area contributed by atoms with E-state index in [4.69, 9.17) is 0 Å². The molecule has 0 aliphatic carbocycles. The third-order valence-corrected chi connectivity index (χ3v) is 4.17. The maximum atomic E-state index is 11.9. The third-order valence-electron chi connectivity index (χ3n) is 1.99. The van der Waals surface area contributed by atoms with Crippen molar-refractivity contribution in [1.29, 1.82) is 0 Å². The van der Waals surface area contributed by atoms with Gasteiger partial charge in [-0.05, 0) is 51.5 Å². The third kappa shape index (κ3) is 3.02. The van der Waals surface area contributed by atoms with Gasteiger partial charge in [0.1, 0.15) is 10.7 Å². The number of aryl methyl sites for hydroxylation is 1. The Hall–Kier alpha value is -0.540. The van der Waals surface area contributed by atoms with Gasteiger partial charge in [-0.1, -0.05) is 0 Å². The number of amides is 1. The summed E-state index contributed by atoms with van der Waals surface area (Å²) in [6.45, 7) is 1.81. The molecule has 2 aromatic heterocycles. The summed E-state index contributed by atoms with van der Waals surface area (Å²) in [5.41, 5.74) is 2.39. The van der Waals surface area contributed by atoms with E-state index >= 15 is 0 Å². The molecule has 1 N–H and O–H groups in total. The minimum Gasteiger partial charge on any atom is -0.305 e. The van der Waals surface area contributed by atoms with Crippen molar-refractivity contribution in [3.63, 3.8) is 0 Å². The first-order valence-electron chi connectivity index (χ1n) is 4.60. The molecule has 4 nitrogen and oxygen atoms in total. The topological polar surface area (TPSA) is 54.9 Å². The SMILES string of the molecule is Cc1ncsc1C(=O)Nc1ncc(Br)cc1I. The Labute approximate surface area is 124 Å². The summed E-state index contributed by atoms with van der Waals surface area (Å²) in [4.78, 5) is 20.8. The van der Waals surface area contributed by atoms with E-state index in [1.165, 1.54) is 11.3 Å². The highest BCUT2D eigenvalue weighted by Crippen LogP contribution is 2.21. The maximum absolute atomic E-state index is 11.9. The van der Waals surface area contributed by atoms with Gasteiger partial charge >= 0.3 is 0 Å². The lowest BCUT2D eigenvalue weighted by molar-refractivity contribution is 0.102. The van der Waals surface area contributed by atoms with Gasteiger partial charge < -0.3 is 5.32 Å². The molecule has 0 bridgehead atoms. The summed E-state index contributed by atoms with van der Waals surface area (Å²) in [6.07, 6.45) is 1.65. The van der Waals surface area contributed by atoms with E-state index in [9.17, 15) is 4.79 Å². The van der Waals surface area contributed by atoms with E-state index in [-0.39, 0.29) is 5.91 Å². The fourth-order valence-electron chi connectivity index (χ4n) is 1.19. The lowest BCUT2D eigenvalue weighted by atomic mass is 10.3. The first kappa shape index (κ1) is 12.9. The molecule has 0 atom stereocenters. The molecule has 88 valence electrons. The Morgan fingerprint density at radius 1 is 1.53 bits per heavy atom. The lowest BCUT2D eigenvalue weighted by Crippen LogP contribution is -2.13. The van der Waals surface area contributed by atoms with Gasteiger partial charge in [-0.2, -0.15) is 0 Å². The van der Waals surface area contributed by atoms with Crippen LogP contribution in [0.5, 0.6) is 0 Å². The van der Waals surface area contributed by atoms with Crippen molar-refractivity contribution >= 4 is 61.6 Å². The molecule has 0 aromatic carbocycles. The molecule has 0 aliphatic heterocycles. The van der Waals surface area contributed by atoms with Crippen LogP contribution in [0.4, 0.5) is 5.82 Å². The number of nitrogens with zero attached hydrogens (tertiary/aromatic N) is 2. The van der Waals surface area contributed by atoms with Crippen molar-refractivity contribution in [2.75, 3.05) is 5.32 Å². The number of aromatic nitrogens is 2. The average molecular weight is 424 g/mol. The van der Waals surface area contributed by atoms with Gasteiger partial charge in [-0.25, -0.2) is 9.97 Å². The smallest absolute Gasteiger partial charge is 0.268 e. The number of carbonyl (C=O) groups excluding carboxylic acids is 1. The van der Waals surface area contributed by atoms with Crippen LogP contribution >= 0.6 is 49.9 Å². The second kappa shape index (κ2) is 5.40. The van der Waals surface area contributed by atoms with Crippen LogP contribution in [0.1, 0.15) is 15.4 Å². The molecular formula is C10H7BrIN3OS. The fourth-order valence-corrected chi connectivity index (χ4v) is 3.26. The second-order valence-corrected chi connectivity index (χ2v) is 6.14. The highest BCUT2D eigenvalue weighted by Gasteiger charge is 2.13. The van der Waals surface area contributed by atoms with Gasteiger partial charge in [-0.15, -0.1) is 11.3 Å². The summed E-state index contributed by atoms with van der Waals surface area (Å²) in [5, 5.41) is 2.77. The van der Waals surface area contributed by atoms with Gasteiger partial charge in [0.2, 0.25) is 0 Å². The number of thiazole rings is 1. The average Bonchev–Trinajstić information content (AvgIpc) is 2.68. The predicted molar refractivity (Wildman–Crippen MR) is 79.5 cm³/mol. The van der Waals surface area contributed by atoms with E-state index in [1.54, 1.807) is 11.7 Å². The zero-order chi connectivity index (χ0) is 12.4. The molecule has 0 radical (unpaired) electrons. The van der Waals surface area contributed by atoms with Crippen LogP contribution < -0.4 is 5.32 Å². The molecule has 0 saturated heterocycles. The number of nitrogens with one attached hydrogen (secondary N) is 1. The molecule has 2 rings (SSSR count). The molecule has 0 saturated carbocycles. The maximum Gasteiger partial charge on any atom is 0.268 e. The Kier molecular flexibility index (Phi) is 4.10. The van der Waals surface area contributed by atoms with Crippen LogP contribution in [0.15, 0.2) is 22.2 Å².